The Kier molecular flexibility index (Phi) is 6.18. The van der Waals surface area contributed by atoms with E-state index in [2.05, 4.69) is 0 Å². The highest BCUT2D eigenvalue weighted by Crippen LogP contribution is 2.58. The minimum Gasteiger partial charge on any atom is -0.496 e. The van der Waals surface area contributed by atoms with Gasteiger partial charge in [-0.3, -0.25) is 0 Å². The number of aliphatic hydroxyl groups excluding tert-OH is 3. The van der Waals surface area contributed by atoms with Gasteiger partial charge in [-0.15, -0.1) is 0 Å². The minimum absolute atomic E-state index is 0.352. The third-order valence-corrected chi connectivity index (χ3v) is 8.30. The van der Waals surface area contributed by atoms with Gasteiger partial charge in [0.05, 0.1) is 18.2 Å². The highest BCUT2D eigenvalue weighted by atomic mass is 35.5. The third kappa shape index (κ3) is 3.84. The number of ether oxygens (including phenoxy) is 3. The number of benzene rings is 1. The van der Waals surface area contributed by atoms with Crippen LogP contribution in [-0.4, -0.2) is 53.1 Å². The lowest BCUT2D eigenvalue weighted by atomic mass is 9.54. The van der Waals surface area contributed by atoms with Crippen LogP contribution in [0.5, 0.6) is 5.75 Å². The van der Waals surface area contributed by atoms with Crippen LogP contribution in [0.2, 0.25) is 5.02 Å². The van der Waals surface area contributed by atoms with Gasteiger partial charge in [-0.05, 0) is 86.0 Å². The van der Waals surface area contributed by atoms with Crippen molar-refractivity contribution in [3.8, 4) is 5.75 Å². The molecule has 4 saturated carbocycles. The molecule has 5 fully saturated rings. The lowest BCUT2D eigenvalue weighted by Crippen LogP contribution is -2.58. The maximum absolute atomic E-state index is 10.4. The molecule has 0 aromatic heterocycles. The summed E-state index contributed by atoms with van der Waals surface area (Å²) in [4.78, 5) is 0. The van der Waals surface area contributed by atoms with Crippen LogP contribution in [0.1, 0.15) is 51.0 Å². The van der Waals surface area contributed by atoms with Crippen LogP contribution < -0.4 is 4.74 Å². The second-order valence-corrected chi connectivity index (χ2v) is 10.4. The zero-order chi connectivity index (χ0) is 22.6. The van der Waals surface area contributed by atoms with Crippen molar-refractivity contribution in [3.63, 3.8) is 0 Å². The molecule has 1 aliphatic heterocycles. The second kappa shape index (κ2) is 8.80. The minimum atomic E-state index is -1.39. The molecule has 6 rings (SSSR count). The Morgan fingerprint density at radius 3 is 2.25 bits per heavy atom. The maximum atomic E-state index is 10.4. The number of rotatable bonds is 5. The first-order chi connectivity index (χ1) is 15.4. The number of allylic oxidation sites excluding steroid dienone is 1. The Balaban J connectivity index is 1.44. The van der Waals surface area contributed by atoms with E-state index in [9.17, 15) is 15.3 Å². The lowest BCUT2D eigenvalue weighted by molar-refractivity contribution is -0.272. The molecule has 4 bridgehead atoms. The molecule has 0 spiro atoms. The standard InChI is InChI=1S/C25H33ClO6/c1-3-18-21(27)22(28)23(29)25(31-18)32-19-11-14(4-5-17(19)26)24(30-2)20-15-7-12-6-13(9-15)10-16(20)8-12/h4-5,11-13,15-16,18,21-23,25,27-29H,3,6-10H2,1-2H3. The van der Waals surface area contributed by atoms with Crippen molar-refractivity contribution in [2.24, 2.45) is 23.7 Å². The van der Waals surface area contributed by atoms with Crippen molar-refractivity contribution >= 4 is 17.4 Å². The molecule has 1 aromatic carbocycles. The molecule has 5 unspecified atom stereocenters. The summed E-state index contributed by atoms with van der Waals surface area (Å²) < 4.78 is 17.6. The average molecular weight is 465 g/mol. The van der Waals surface area contributed by atoms with Gasteiger partial charge in [0.25, 0.3) is 0 Å². The van der Waals surface area contributed by atoms with E-state index >= 15 is 0 Å². The van der Waals surface area contributed by atoms with Crippen molar-refractivity contribution in [1.82, 2.24) is 0 Å². The van der Waals surface area contributed by atoms with Crippen molar-refractivity contribution < 1.29 is 29.5 Å². The van der Waals surface area contributed by atoms with Gasteiger partial charge in [-0.25, -0.2) is 0 Å². The molecule has 1 saturated heterocycles. The van der Waals surface area contributed by atoms with Crippen LogP contribution >= 0.6 is 11.6 Å². The summed E-state index contributed by atoms with van der Waals surface area (Å²) in [6, 6.07) is 5.53. The van der Waals surface area contributed by atoms with E-state index in [-0.39, 0.29) is 0 Å². The largest absolute Gasteiger partial charge is 0.496 e. The Morgan fingerprint density at radius 1 is 1.00 bits per heavy atom. The van der Waals surface area contributed by atoms with Crippen molar-refractivity contribution in [1.29, 1.82) is 0 Å². The van der Waals surface area contributed by atoms with E-state index < -0.39 is 30.7 Å². The van der Waals surface area contributed by atoms with Crippen molar-refractivity contribution in [2.75, 3.05) is 7.11 Å². The number of methoxy groups -OCH3 is 1. The fourth-order valence-electron chi connectivity index (χ4n) is 6.68. The number of hydrogen-bond acceptors (Lipinski definition) is 6. The zero-order valence-corrected chi connectivity index (χ0v) is 19.4. The van der Waals surface area contributed by atoms with Crippen molar-refractivity contribution in [2.45, 2.75) is 76.2 Å². The second-order valence-electron chi connectivity index (χ2n) is 9.98. The predicted molar refractivity (Wildman–Crippen MR) is 120 cm³/mol. The van der Waals surface area contributed by atoms with Crippen LogP contribution in [0.3, 0.4) is 0 Å². The Hall–Kier alpha value is -1.31. The molecule has 7 heteroatoms. The third-order valence-electron chi connectivity index (χ3n) is 7.99. The van der Waals surface area contributed by atoms with Gasteiger partial charge in [0, 0.05) is 5.56 Å². The van der Waals surface area contributed by atoms with E-state index in [4.69, 9.17) is 25.8 Å². The molecule has 4 aliphatic carbocycles. The van der Waals surface area contributed by atoms with Gasteiger partial charge in [0.15, 0.2) is 0 Å². The van der Waals surface area contributed by atoms with Crippen LogP contribution in [0.15, 0.2) is 23.8 Å². The van der Waals surface area contributed by atoms with Gasteiger partial charge < -0.3 is 29.5 Å². The molecule has 1 aromatic rings. The van der Waals surface area contributed by atoms with Crippen LogP contribution in [0.25, 0.3) is 5.76 Å². The molecule has 6 nitrogen and oxygen atoms in total. The molecule has 5 aliphatic rings. The first-order valence-corrected chi connectivity index (χ1v) is 12.2. The maximum Gasteiger partial charge on any atom is 0.229 e. The van der Waals surface area contributed by atoms with Gasteiger partial charge in [0.2, 0.25) is 6.29 Å². The molecular formula is C25H33ClO6. The Bertz CT molecular complexity index is 853. The quantitative estimate of drug-likeness (QED) is 0.575. The van der Waals surface area contributed by atoms with E-state index in [0.29, 0.717) is 29.0 Å². The van der Waals surface area contributed by atoms with Crippen LogP contribution in [0.4, 0.5) is 0 Å². The number of hydrogen-bond donors (Lipinski definition) is 3. The lowest BCUT2D eigenvalue weighted by Gasteiger charge is -2.51. The van der Waals surface area contributed by atoms with E-state index in [1.165, 1.54) is 37.7 Å². The van der Waals surface area contributed by atoms with Crippen molar-refractivity contribution in [3.05, 3.63) is 34.4 Å². The summed E-state index contributed by atoms with van der Waals surface area (Å²) in [6.45, 7) is 1.84. The molecule has 1 heterocycles. The topological polar surface area (TPSA) is 88.4 Å². The van der Waals surface area contributed by atoms with Gasteiger partial charge >= 0.3 is 0 Å². The zero-order valence-electron chi connectivity index (χ0n) is 18.6. The number of halogens is 1. The monoisotopic (exact) mass is 464 g/mol. The molecule has 3 N–H and O–H groups in total. The van der Waals surface area contributed by atoms with Crippen LogP contribution in [0, 0.1) is 23.7 Å². The van der Waals surface area contributed by atoms with E-state index in [1.807, 2.05) is 19.1 Å². The van der Waals surface area contributed by atoms with Gasteiger partial charge in [-0.2, -0.15) is 0 Å². The fraction of sp³-hybridized carbons (Fsp3) is 0.680. The molecule has 176 valence electrons. The summed E-state index contributed by atoms with van der Waals surface area (Å²) in [6.07, 6.45) is 1.21. The average Bonchev–Trinajstić information content (AvgIpc) is 2.77. The smallest absolute Gasteiger partial charge is 0.229 e. The van der Waals surface area contributed by atoms with Gasteiger partial charge in [0.1, 0.15) is 29.8 Å². The summed E-state index contributed by atoms with van der Waals surface area (Å²) in [7, 11) is 1.72. The Morgan fingerprint density at radius 2 is 1.66 bits per heavy atom. The van der Waals surface area contributed by atoms with Gasteiger partial charge in [-0.1, -0.05) is 18.5 Å². The molecule has 0 radical (unpaired) electrons. The normalized spacial score (nSPS) is 40.4. The first-order valence-electron chi connectivity index (χ1n) is 11.8. The highest BCUT2D eigenvalue weighted by molar-refractivity contribution is 6.32. The SMILES string of the molecule is CCC1OC(Oc2cc(C(OC)=C3C4CC5CC(C4)CC3C5)ccc2Cl)C(O)C(O)C1O. The fourth-order valence-corrected chi connectivity index (χ4v) is 6.84. The molecule has 32 heavy (non-hydrogen) atoms. The predicted octanol–water partition coefficient (Wildman–Crippen LogP) is 3.75. The number of aliphatic hydroxyl groups is 3. The molecular weight excluding hydrogens is 432 g/mol. The summed E-state index contributed by atoms with van der Waals surface area (Å²) in [5, 5.41) is 31.1. The molecule has 5 atom stereocenters. The highest BCUT2D eigenvalue weighted by Gasteiger charge is 2.47. The van der Waals surface area contributed by atoms with E-state index in [0.717, 1.165) is 23.2 Å². The first kappa shape index (κ1) is 22.5. The molecule has 0 amide bonds. The Labute approximate surface area is 194 Å². The van der Waals surface area contributed by atoms with E-state index in [1.54, 1.807) is 13.2 Å². The summed E-state index contributed by atoms with van der Waals surface area (Å²) in [5.41, 5.74) is 2.33. The summed E-state index contributed by atoms with van der Waals surface area (Å²) >= 11 is 6.42. The van der Waals surface area contributed by atoms with Crippen LogP contribution in [-0.2, 0) is 9.47 Å². The summed E-state index contributed by atoms with van der Waals surface area (Å²) in [5.74, 6) is 4.17.